The van der Waals surface area contributed by atoms with E-state index >= 15 is 0 Å². The van der Waals surface area contributed by atoms with Crippen molar-refractivity contribution in [2.75, 3.05) is 49.5 Å². The Kier molecular flexibility index (Phi) is 7.31. The van der Waals surface area contributed by atoms with E-state index in [-0.39, 0.29) is 5.91 Å². The molecule has 0 saturated carbocycles. The number of halogens is 2. The maximum atomic E-state index is 13.1. The maximum Gasteiger partial charge on any atom is 0.430 e. The summed E-state index contributed by atoms with van der Waals surface area (Å²) in [5.74, 6) is 0.650. The zero-order valence-corrected chi connectivity index (χ0v) is 21.9. The zero-order chi connectivity index (χ0) is 25.1. The van der Waals surface area contributed by atoms with Gasteiger partial charge in [0.25, 0.3) is 5.91 Å². The molecule has 0 bridgehead atoms. The summed E-state index contributed by atoms with van der Waals surface area (Å²) in [7, 11) is 0. The van der Waals surface area contributed by atoms with Crippen molar-refractivity contribution < 1.29 is 19.3 Å². The minimum Gasteiger partial charge on any atom is -0.388 e. The molecule has 36 heavy (non-hydrogen) atoms. The Bertz CT molecular complexity index is 1160. The van der Waals surface area contributed by atoms with Gasteiger partial charge in [-0.2, -0.15) is 0 Å². The molecule has 2 aromatic rings. The molecule has 10 nitrogen and oxygen atoms in total. The normalized spacial score (nSPS) is 19.6. The molecule has 0 atom stereocenters. The van der Waals surface area contributed by atoms with Crippen LogP contribution in [0.15, 0.2) is 52.2 Å². The molecule has 2 saturated heterocycles. The Morgan fingerprint density at radius 3 is 2.58 bits per heavy atom. The monoisotopic (exact) mass is 576 g/mol. The molecule has 1 N–H and O–H groups in total. The number of carbonyl (C=O) groups is 2. The van der Waals surface area contributed by atoms with E-state index in [0.29, 0.717) is 75.0 Å². The van der Waals surface area contributed by atoms with Crippen LogP contribution >= 0.6 is 27.5 Å². The van der Waals surface area contributed by atoms with Crippen LogP contribution in [0, 0.1) is 0 Å². The molecule has 3 aliphatic rings. The number of hydrogen-bond acceptors (Lipinski definition) is 8. The first-order valence-electron chi connectivity index (χ1n) is 11.8. The van der Waals surface area contributed by atoms with Gasteiger partial charge in [-0.15, -0.1) is 5.06 Å². The molecule has 0 radical (unpaired) electrons. The lowest BCUT2D eigenvalue weighted by Crippen LogP contribution is -2.51. The van der Waals surface area contributed by atoms with E-state index in [0.717, 1.165) is 10.3 Å². The van der Waals surface area contributed by atoms with E-state index < -0.39 is 11.7 Å². The minimum atomic E-state index is -0.547. The highest BCUT2D eigenvalue weighted by Gasteiger charge is 2.45. The number of carbonyl (C=O) groups excluding carboxylic acids is 2. The van der Waals surface area contributed by atoms with Crippen LogP contribution in [-0.2, 0) is 14.5 Å². The molecule has 0 aliphatic carbocycles. The summed E-state index contributed by atoms with van der Waals surface area (Å²) in [4.78, 5) is 44.8. The van der Waals surface area contributed by atoms with Crippen molar-refractivity contribution in [3.05, 3.63) is 52.1 Å². The molecule has 5 rings (SSSR count). The van der Waals surface area contributed by atoms with Crippen molar-refractivity contribution in [2.45, 2.75) is 24.9 Å². The summed E-state index contributed by atoms with van der Waals surface area (Å²) in [6, 6.07) is 10.9. The van der Waals surface area contributed by atoms with Gasteiger partial charge in [0.05, 0.1) is 5.02 Å². The summed E-state index contributed by atoms with van der Waals surface area (Å²) < 4.78 is 0.864. The number of nitrogens with zero attached hydrogens (tertiary/aromatic N) is 5. The molecule has 3 aliphatic heterocycles. The van der Waals surface area contributed by atoms with Crippen molar-refractivity contribution in [2.24, 2.45) is 5.16 Å². The number of rotatable bonds is 4. The number of hydroxylamine groups is 2. The Balaban J connectivity index is 1.08. The molecule has 1 spiro atoms. The van der Waals surface area contributed by atoms with Gasteiger partial charge in [-0.05, 0) is 30.3 Å². The average Bonchev–Trinajstić information content (AvgIpc) is 3.29. The first-order valence-corrected chi connectivity index (χ1v) is 13.0. The van der Waals surface area contributed by atoms with Crippen LogP contribution in [0.25, 0.3) is 0 Å². The minimum absolute atomic E-state index is 0.0919. The lowest BCUT2D eigenvalue weighted by molar-refractivity contribution is -0.154. The number of amides is 2. The highest BCUT2D eigenvalue weighted by Crippen LogP contribution is 2.35. The Hall–Kier alpha value is -2.89. The van der Waals surface area contributed by atoms with Gasteiger partial charge in [0.2, 0.25) is 0 Å². The Morgan fingerprint density at radius 1 is 1.08 bits per heavy atom. The second-order valence-electron chi connectivity index (χ2n) is 9.02. The quantitative estimate of drug-likeness (QED) is 0.588. The van der Waals surface area contributed by atoms with Crippen LogP contribution in [0.3, 0.4) is 0 Å². The van der Waals surface area contributed by atoms with Gasteiger partial charge in [-0.1, -0.05) is 38.8 Å². The number of piperazine rings is 1. The lowest BCUT2D eigenvalue weighted by Gasteiger charge is -2.36. The van der Waals surface area contributed by atoms with Crippen LogP contribution in [-0.4, -0.2) is 77.5 Å². The second kappa shape index (κ2) is 10.6. The Morgan fingerprint density at radius 2 is 1.86 bits per heavy atom. The number of hydrogen-bond donors (Lipinski definition) is 1. The first-order chi connectivity index (χ1) is 17.4. The van der Waals surface area contributed by atoms with Gasteiger partial charge >= 0.3 is 6.09 Å². The second-order valence-corrected chi connectivity index (χ2v) is 10.3. The van der Waals surface area contributed by atoms with Gasteiger partial charge in [-0.25, -0.2) is 9.78 Å². The predicted molar refractivity (Wildman–Crippen MR) is 139 cm³/mol. The first kappa shape index (κ1) is 24.8. The highest BCUT2D eigenvalue weighted by atomic mass is 79.9. The maximum absolute atomic E-state index is 13.1. The van der Waals surface area contributed by atoms with E-state index in [1.165, 1.54) is 0 Å². The number of aromatic nitrogens is 1. The fourth-order valence-electron chi connectivity index (χ4n) is 4.63. The standard InChI is InChI=1S/C24H26BrClN6O4/c25-17-3-1-4-18(15-17)28-23(34)35-32-9-6-24(7-10-32)16-20(29-36-24)22(33)31-13-11-30(12-14-31)21-19(26)5-2-8-27-21/h1-5,8,15H,6-7,9-14,16H2,(H,28,34). The smallest absolute Gasteiger partial charge is 0.388 e. The number of nitrogens with one attached hydrogen (secondary N) is 1. The average molecular weight is 578 g/mol. The van der Waals surface area contributed by atoms with Crippen molar-refractivity contribution in [1.82, 2.24) is 14.9 Å². The summed E-state index contributed by atoms with van der Waals surface area (Å²) >= 11 is 9.64. The van der Waals surface area contributed by atoms with Gasteiger partial charge in [-0.3, -0.25) is 10.1 Å². The fourth-order valence-corrected chi connectivity index (χ4v) is 5.27. The van der Waals surface area contributed by atoms with E-state index in [2.05, 4.69) is 36.3 Å². The molecule has 12 heteroatoms. The molecule has 2 amide bonds. The molecule has 1 aromatic carbocycles. The van der Waals surface area contributed by atoms with E-state index in [4.69, 9.17) is 21.3 Å². The van der Waals surface area contributed by atoms with Gasteiger partial charge < -0.3 is 19.5 Å². The van der Waals surface area contributed by atoms with Gasteiger partial charge in [0.1, 0.15) is 17.1 Å². The van der Waals surface area contributed by atoms with Crippen LogP contribution in [0.5, 0.6) is 0 Å². The molecule has 190 valence electrons. The van der Waals surface area contributed by atoms with Crippen molar-refractivity contribution in [1.29, 1.82) is 0 Å². The molecular formula is C24H26BrClN6O4. The van der Waals surface area contributed by atoms with Crippen molar-refractivity contribution >= 4 is 56.7 Å². The molecule has 2 fully saturated rings. The van der Waals surface area contributed by atoms with Crippen LogP contribution in [0.2, 0.25) is 5.02 Å². The SMILES string of the molecule is O=C(Nc1cccc(Br)c1)ON1CCC2(CC1)CC(C(=O)N1CCN(c3ncccc3Cl)CC1)=NO2. The molecule has 1 aromatic heterocycles. The number of anilines is 2. The van der Waals surface area contributed by atoms with Crippen LogP contribution in [0.1, 0.15) is 19.3 Å². The van der Waals surface area contributed by atoms with Crippen molar-refractivity contribution in [3.8, 4) is 0 Å². The zero-order valence-electron chi connectivity index (χ0n) is 19.5. The number of oxime groups is 1. The van der Waals surface area contributed by atoms with Crippen LogP contribution < -0.4 is 10.2 Å². The Labute approximate surface area is 222 Å². The topological polar surface area (TPSA) is 99.6 Å². The third-order valence-electron chi connectivity index (χ3n) is 6.61. The van der Waals surface area contributed by atoms with Crippen LogP contribution in [0.4, 0.5) is 16.3 Å². The third kappa shape index (κ3) is 5.58. The van der Waals surface area contributed by atoms with Gasteiger partial charge in [0.15, 0.2) is 0 Å². The van der Waals surface area contributed by atoms with Gasteiger partial charge in [0, 0.05) is 74.9 Å². The molecule has 4 heterocycles. The summed E-state index contributed by atoms with van der Waals surface area (Å²) in [5.41, 5.74) is 0.554. The number of benzene rings is 1. The summed E-state index contributed by atoms with van der Waals surface area (Å²) in [6.07, 6.45) is 2.83. The molecular weight excluding hydrogens is 552 g/mol. The lowest BCUT2D eigenvalue weighted by atomic mass is 9.87. The number of piperidine rings is 1. The third-order valence-corrected chi connectivity index (χ3v) is 7.40. The fraction of sp³-hybridized carbons (Fsp3) is 0.417. The summed E-state index contributed by atoms with van der Waals surface area (Å²) in [5, 5.41) is 9.10. The number of pyridine rings is 1. The van der Waals surface area contributed by atoms with E-state index in [1.807, 2.05) is 18.2 Å². The van der Waals surface area contributed by atoms with E-state index in [1.54, 1.807) is 34.4 Å². The summed E-state index contributed by atoms with van der Waals surface area (Å²) in [6.45, 7) is 3.41. The van der Waals surface area contributed by atoms with E-state index in [9.17, 15) is 9.59 Å². The molecule has 0 unspecified atom stereocenters. The van der Waals surface area contributed by atoms with Crippen molar-refractivity contribution in [3.63, 3.8) is 0 Å². The predicted octanol–water partition coefficient (Wildman–Crippen LogP) is 3.92. The highest BCUT2D eigenvalue weighted by molar-refractivity contribution is 9.10. The largest absolute Gasteiger partial charge is 0.430 e.